The summed E-state index contributed by atoms with van der Waals surface area (Å²) in [5, 5.41) is 3.35. The molecule has 0 bridgehead atoms. The lowest BCUT2D eigenvalue weighted by Crippen LogP contribution is -2.33. The normalized spacial score (nSPS) is 20.5. The Morgan fingerprint density at radius 3 is 2.50 bits per heavy atom. The van der Waals surface area contributed by atoms with Gasteiger partial charge in [0.25, 0.3) is 0 Å². The van der Waals surface area contributed by atoms with Crippen LogP contribution in [0.25, 0.3) is 0 Å². The highest BCUT2D eigenvalue weighted by Crippen LogP contribution is 2.24. The Balaban J connectivity index is 2.32. The van der Waals surface area contributed by atoms with Gasteiger partial charge in [-0.1, -0.05) is 6.92 Å². The van der Waals surface area contributed by atoms with Gasteiger partial charge in [-0.3, -0.25) is 4.79 Å². The third kappa shape index (κ3) is 3.29. The summed E-state index contributed by atoms with van der Waals surface area (Å²) in [5.74, 6) is 1.53. The minimum absolute atomic E-state index is 0.260. The molecule has 1 saturated heterocycles. The number of hydrogen-bond acceptors (Lipinski definition) is 2. The molecular formula is C11H22N2O. The molecule has 0 spiro atoms. The molecule has 0 aromatic carbocycles. The van der Waals surface area contributed by atoms with Crippen LogP contribution in [0.3, 0.4) is 0 Å². The average molecular weight is 198 g/mol. The van der Waals surface area contributed by atoms with Gasteiger partial charge in [0.1, 0.15) is 0 Å². The zero-order valence-electron chi connectivity index (χ0n) is 9.55. The lowest BCUT2D eigenvalue weighted by Gasteiger charge is -2.28. The maximum Gasteiger partial charge on any atom is 0.222 e. The van der Waals surface area contributed by atoms with E-state index < -0.39 is 0 Å². The van der Waals surface area contributed by atoms with E-state index in [1.807, 2.05) is 14.1 Å². The topological polar surface area (TPSA) is 32.3 Å². The lowest BCUT2D eigenvalue weighted by atomic mass is 9.84. The molecule has 0 saturated carbocycles. The fraction of sp³-hybridized carbons (Fsp3) is 0.909. The highest BCUT2D eigenvalue weighted by molar-refractivity contribution is 5.75. The molecule has 1 atom stereocenters. The molecule has 1 amide bonds. The van der Waals surface area contributed by atoms with E-state index in [-0.39, 0.29) is 5.91 Å². The van der Waals surface area contributed by atoms with E-state index in [4.69, 9.17) is 0 Å². The van der Waals surface area contributed by atoms with E-state index in [1.54, 1.807) is 4.90 Å². The van der Waals surface area contributed by atoms with Crippen LogP contribution in [0, 0.1) is 11.8 Å². The van der Waals surface area contributed by atoms with E-state index >= 15 is 0 Å². The van der Waals surface area contributed by atoms with E-state index in [1.165, 1.54) is 12.8 Å². The standard InChI is InChI=1S/C11H22N2O/c1-9(8-11(14)13(2)3)10-4-6-12-7-5-10/h9-10,12H,4-8H2,1-3H3/t9-/m0/s1. The Kier molecular flexibility index (Phi) is 4.39. The van der Waals surface area contributed by atoms with Crippen LogP contribution in [0.4, 0.5) is 0 Å². The summed E-state index contributed by atoms with van der Waals surface area (Å²) in [5.41, 5.74) is 0. The highest BCUT2D eigenvalue weighted by atomic mass is 16.2. The Labute approximate surface area is 86.9 Å². The van der Waals surface area contributed by atoms with Crippen LogP contribution >= 0.6 is 0 Å². The number of nitrogens with one attached hydrogen (secondary N) is 1. The number of carbonyl (C=O) groups excluding carboxylic acids is 1. The van der Waals surface area contributed by atoms with Crippen molar-refractivity contribution < 1.29 is 4.79 Å². The van der Waals surface area contributed by atoms with Crippen LogP contribution in [-0.2, 0) is 4.79 Å². The molecule has 0 aliphatic carbocycles. The second kappa shape index (κ2) is 5.35. The van der Waals surface area contributed by atoms with Gasteiger partial charge in [0.05, 0.1) is 0 Å². The van der Waals surface area contributed by atoms with Crippen molar-refractivity contribution in [1.82, 2.24) is 10.2 Å². The predicted molar refractivity (Wildman–Crippen MR) is 58.1 cm³/mol. The second-order valence-electron chi connectivity index (χ2n) is 4.56. The third-order valence-corrected chi connectivity index (χ3v) is 3.18. The minimum Gasteiger partial charge on any atom is -0.349 e. The van der Waals surface area contributed by atoms with Gasteiger partial charge in [-0.05, 0) is 37.8 Å². The molecule has 1 N–H and O–H groups in total. The summed E-state index contributed by atoms with van der Waals surface area (Å²) in [4.78, 5) is 13.2. The summed E-state index contributed by atoms with van der Waals surface area (Å²) in [7, 11) is 3.66. The fourth-order valence-corrected chi connectivity index (χ4v) is 2.04. The second-order valence-corrected chi connectivity index (χ2v) is 4.56. The molecule has 0 radical (unpaired) electrons. The van der Waals surface area contributed by atoms with Gasteiger partial charge in [-0.15, -0.1) is 0 Å². The van der Waals surface area contributed by atoms with Gasteiger partial charge in [-0.25, -0.2) is 0 Å². The molecule has 14 heavy (non-hydrogen) atoms. The van der Waals surface area contributed by atoms with Gasteiger partial charge in [0, 0.05) is 20.5 Å². The van der Waals surface area contributed by atoms with Gasteiger partial charge in [-0.2, -0.15) is 0 Å². The molecule has 0 aromatic heterocycles. The van der Waals surface area contributed by atoms with Crippen molar-refractivity contribution in [2.45, 2.75) is 26.2 Å². The van der Waals surface area contributed by atoms with Crippen LogP contribution in [-0.4, -0.2) is 38.0 Å². The summed E-state index contributed by atoms with van der Waals surface area (Å²) >= 11 is 0. The van der Waals surface area contributed by atoms with Crippen molar-refractivity contribution in [1.29, 1.82) is 0 Å². The SMILES string of the molecule is C[C@@H](CC(=O)N(C)C)C1CCNCC1. The van der Waals surface area contributed by atoms with Gasteiger partial charge in [0.15, 0.2) is 0 Å². The zero-order chi connectivity index (χ0) is 10.6. The van der Waals surface area contributed by atoms with Crippen LogP contribution in [0.15, 0.2) is 0 Å². The number of nitrogens with zero attached hydrogens (tertiary/aromatic N) is 1. The number of amides is 1. The Morgan fingerprint density at radius 1 is 1.43 bits per heavy atom. The van der Waals surface area contributed by atoms with Crippen molar-refractivity contribution in [3.05, 3.63) is 0 Å². The Hall–Kier alpha value is -0.570. The molecule has 1 aliphatic rings. The molecule has 3 nitrogen and oxygen atoms in total. The zero-order valence-corrected chi connectivity index (χ0v) is 9.55. The van der Waals surface area contributed by atoms with Crippen LogP contribution < -0.4 is 5.32 Å². The highest BCUT2D eigenvalue weighted by Gasteiger charge is 2.22. The molecule has 1 fully saturated rings. The van der Waals surface area contributed by atoms with Crippen molar-refractivity contribution in [3.8, 4) is 0 Å². The third-order valence-electron chi connectivity index (χ3n) is 3.18. The fourth-order valence-electron chi connectivity index (χ4n) is 2.04. The van der Waals surface area contributed by atoms with E-state index in [0.717, 1.165) is 19.0 Å². The van der Waals surface area contributed by atoms with Crippen LogP contribution in [0.1, 0.15) is 26.2 Å². The minimum atomic E-state index is 0.260. The maximum absolute atomic E-state index is 11.5. The summed E-state index contributed by atoms with van der Waals surface area (Å²) in [6, 6.07) is 0. The lowest BCUT2D eigenvalue weighted by molar-refractivity contribution is -0.130. The quantitative estimate of drug-likeness (QED) is 0.736. The van der Waals surface area contributed by atoms with Crippen molar-refractivity contribution >= 4 is 5.91 Å². The Morgan fingerprint density at radius 2 is 2.00 bits per heavy atom. The monoisotopic (exact) mass is 198 g/mol. The predicted octanol–water partition coefficient (Wildman–Crippen LogP) is 1.10. The molecule has 1 aliphatic heterocycles. The van der Waals surface area contributed by atoms with Crippen LogP contribution in [0.2, 0.25) is 0 Å². The summed E-state index contributed by atoms with van der Waals surface area (Å²) in [6.45, 7) is 4.44. The number of piperidine rings is 1. The average Bonchev–Trinajstić information content (AvgIpc) is 2.19. The number of carbonyl (C=O) groups is 1. The number of rotatable bonds is 3. The molecular weight excluding hydrogens is 176 g/mol. The smallest absolute Gasteiger partial charge is 0.222 e. The molecule has 0 aromatic rings. The largest absolute Gasteiger partial charge is 0.349 e. The maximum atomic E-state index is 11.5. The van der Waals surface area contributed by atoms with Crippen molar-refractivity contribution in [2.75, 3.05) is 27.2 Å². The van der Waals surface area contributed by atoms with Crippen molar-refractivity contribution in [2.24, 2.45) is 11.8 Å². The first-order valence-electron chi connectivity index (χ1n) is 5.52. The van der Waals surface area contributed by atoms with Gasteiger partial charge in [0.2, 0.25) is 5.91 Å². The molecule has 1 heterocycles. The van der Waals surface area contributed by atoms with E-state index in [2.05, 4.69) is 12.2 Å². The Bertz CT molecular complexity index is 186. The first-order valence-corrected chi connectivity index (χ1v) is 5.52. The van der Waals surface area contributed by atoms with E-state index in [0.29, 0.717) is 12.3 Å². The first-order chi connectivity index (χ1) is 6.61. The van der Waals surface area contributed by atoms with E-state index in [9.17, 15) is 4.79 Å². The molecule has 82 valence electrons. The number of hydrogen-bond donors (Lipinski definition) is 1. The molecule has 3 heteroatoms. The van der Waals surface area contributed by atoms with Crippen LogP contribution in [0.5, 0.6) is 0 Å². The summed E-state index contributed by atoms with van der Waals surface area (Å²) < 4.78 is 0. The van der Waals surface area contributed by atoms with Gasteiger partial charge >= 0.3 is 0 Å². The molecule has 0 unspecified atom stereocenters. The first kappa shape index (κ1) is 11.5. The van der Waals surface area contributed by atoms with Gasteiger partial charge < -0.3 is 10.2 Å². The molecule has 1 rings (SSSR count). The van der Waals surface area contributed by atoms with Crippen molar-refractivity contribution in [3.63, 3.8) is 0 Å². The summed E-state index contributed by atoms with van der Waals surface area (Å²) in [6.07, 6.45) is 3.15.